The van der Waals surface area contributed by atoms with Gasteiger partial charge in [0.15, 0.2) is 0 Å². The summed E-state index contributed by atoms with van der Waals surface area (Å²) in [5.41, 5.74) is 6.18. The molecular weight excluding hydrogens is 167 g/mol. The van der Waals surface area contributed by atoms with Gasteiger partial charge in [0.2, 0.25) is 0 Å². The second kappa shape index (κ2) is 2.84. The Balaban J connectivity index is 2.81. The fourth-order valence-corrected chi connectivity index (χ4v) is 1.24. The third-order valence-corrected chi connectivity index (χ3v) is 1.77. The predicted molar refractivity (Wildman–Crippen MR) is 40.2 cm³/mol. The maximum atomic E-state index is 12.2. The SMILES string of the molecule is CC1=CC(N)=CC(C(F)(F)F)C1. The summed E-state index contributed by atoms with van der Waals surface area (Å²) >= 11 is 0. The normalized spacial score (nSPS) is 24.8. The van der Waals surface area contributed by atoms with Crippen molar-refractivity contribution in [1.82, 2.24) is 0 Å². The number of rotatable bonds is 0. The lowest BCUT2D eigenvalue weighted by atomic mass is 9.93. The Morgan fingerprint density at radius 2 is 2.08 bits per heavy atom. The third-order valence-electron chi connectivity index (χ3n) is 1.77. The summed E-state index contributed by atoms with van der Waals surface area (Å²) in [5.74, 6) is -1.40. The first-order valence-electron chi connectivity index (χ1n) is 3.61. The number of hydrogen-bond donors (Lipinski definition) is 1. The van der Waals surface area contributed by atoms with Crippen LogP contribution in [0.25, 0.3) is 0 Å². The highest BCUT2D eigenvalue weighted by Crippen LogP contribution is 2.34. The molecule has 0 aromatic carbocycles. The molecule has 0 aromatic rings. The Kier molecular flexibility index (Phi) is 2.17. The van der Waals surface area contributed by atoms with Gasteiger partial charge in [0.05, 0.1) is 5.92 Å². The number of allylic oxidation sites excluding steroid dienone is 3. The lowest BCUT2D eigenvalue weighted by Crippen LogP contribution is -2.24. The molecule has 0 aromatic heterocycles. The standard InChI is InChI=1S/C8H10F3N/c1-5-2-6(8(9,10)11)4-7(12)3-5/h3-4,6H,2,12H2,1H3. The average molecular weight is 177 g/mol. The Bertz CT molecular complexity index is 237. The number of hydrogen-bond acceptors (Lipinski definition) is 1. The van der Waals surface area contributed by atoms with Crippen LogP contribution in [-0.2, 0) is 0 Å². The van der Waals surface area contributed by atoms with Gasteiger partial charge in [0, 0.05) is 5.70 Å². The first-order valence-corrected chi connectivity index (χ1v) is 3.61. The molecule has 0 fully saturated rings. The van der Waals surface area contributed by atoms with Crippen molar-refractivity contribution in [3.05, 3.63) is 23.4 Å². The van der Waals surface area contributed by atoms with E-state index in [1.165, 1.54) is 0 Å². The van der Waals surface area contributed by atoms with Crippen molar-refractivity contribution in [2.75, 3.05) is 0 Å². The molecule has 4 heteroatoms. The van der Waals surface area contributed by atoms with Gasteiger partial charge in [-0.3, -0.25) is 0 Å². The van der Waals surface area contributed by atoms with E-state index in [1.807, 2.05) is 0 Å². The Labute approximate surface area is 68.7 Å². The van der Waals surface area contributed by atoms with Crippen molar-refractivity contribution in [2.24, 2.45) is 11.7 Å². The van der Waals surface area contributed by atoms with Crippen LogP contribution in [0, 0.1) is 5.92 Å². The number of nitrogens with two attached hydrogens (primary N) is 1. The molecule has 0 saturated carbocycles. The molecular formula is C8H10F3N. The van der Waals surface area contributed by atoms with E-state index in [0.29, 0.717) is 5.57 Å². The molecule has 0 heterocycles. The van der Waals surface area contributed by atoms with Gasteiger partial charge >= 0.3 is 6.18 Å². The van der Waals surface area contributed by atoms with E-state index in [4.69, 9.17) is 5.73 Å². The molecule has 0 saturated heterocycles. The monoisotopic (exact) mass is 177 g/mol. The number of halogens is 3. The minimum Gasteiger partial charge on any atom is -0.399 e. The fourth-order valence-electron chi connectivity index (χ4n) is 1.24. The van der Waals surface area contributed by atoms with E-state index in [-0.39, 0.29) is 12.1 Å². The lowest BCUT2D eigenvalue weighted by molar-refractivity contribution is -0.161. The highest BCUT2D eigenvalue weighted by atomic mass is 19.4. The molecule has 0 radical (unpaired) electrons. The van der Waals surface area contributed by atoms with Crippen LogP contribution < -0.4 is 5.73 Å². The Morgan fingerprint density at radius 1 is 1.50 bits per heavy atom. The van der Waals surface area contributed by atoms with Crippen molar-refractivity contribution in [2.45, 2.75) is 19.5 Å². The van der Waals surface area contributed by atoms with Gasteiger partial charge in [-0.1, -0.05) is 5.57 Å². The van der Waals surface area contributed by atoms with E-state index < -0.39 is 12.1 Å². The van der Waals surface area contributed by atoms with Crippen LogP contribution in [0.1, 0.15) is 13.3 Å². The van der Waals surface area contributed by atoms with Crippen LogP contribution in [0.4, 0.5) is 13.2 Å². The molecule has 2 N–H and O–H groups in total. The van der Waals surface area contributed by atoms with Crippen LogP contribution in [0.15, 0.2) is 23.4 Å². The minimum atomic E-state index is -4.17. The molecule has 12 heavy (non-hydrogen) atoms. The van der Waals surface area contributed by atoms with Crippen molar-refractivity contribution in [3.8, 4) is 0 Å². The van der Waals surface area contributed by atoms with Gasteiger partial charge in [0.1, 0.15) is 0 Å². The Morgan fingerprint density at radius 3 is 2.50 bits per heavy atom. The molecule has 1 rings (SSSR count). The van der Waals surface area contributed by atoms with Crippen LogP contribution in [0.3, 0.4) is 0 Å². The quantitative estimate of drug-likeness (QED) is 0.603. The molecule has 0 aliphatic heterocycles. The summed E-state index contributed by atoms with van der Waals surface area (Å²) in [4.78, 5) is 0. The molecule has 1 atom stereocenters. The van der Waals surface area contributed by atoms with Gasteiger partial charge in [-0.15, -0.1) is 0 Å². The molecule has 1 unspecified atom stereocenters. The summed E-state index contributed by atoms with van der Waals surface area (Å²) in [5, 5.41) is 0. The summed E-state index contributed by atoms with van der Waals surface area (Å²) in [7, 11) is 0. The van der Waals surface area contributed by atoms with Crippen LogP contribution in [0.5, 0.6) is 0 Å². The van der Waals surface area contributed by atoms with Crippen LogP contribution in [0.2, 0.25) is 0 Å². The van der Waals surface area contributed by atoms with Crippen LogP contribution >= 0.6 is 0 Å². The first-order chi connectivity index (χ1) is 5.39. The molecule has 0 amide bonds. The van der Waals surface area contributed by atoms with Crippen molar-refractivity contribution < 1.29 is 13.2 Å². The second-order valence-electron chi connectivity index (χ2n) is 3.01. The van der Waals surface area contributed by atoms with Crippen molar-refractivity contribution in [3.63, 3.8) is 0 Å². The van der Waals surface area contributed by atoms with Crippen molar-refractivity contribution >= 4 is 0 Å². The molecule has 0 bridgehead atoms. The summed E-state index contributed by atoms with van der Waals surface area (Å²) < 4.78 is 36.5. The first kappa shape index (κ1) is 9.16. The molecule has 68 valence electrons. The lowest BCUT2D eigenvalue weighted by Gasteiger charge is -2.20. The van der Waals surface area contributed by atoms with E-state index in [0.717, 1.165) is 6.08 Å². The average Bonchev–Trinajstić information content (AvgIpc) is 1.82. The zero-order chi connectivity index (χ0) is 9.35. The van der Waals surface area contributed by atoms with Gasteiger partial charge in [0.25, 0.3) is 0 Å². The summed E-state index contributed by atoms with van der Waals surface area (Å²) in [6.07, 6.45) is -1.50. The zero-order valence-electron chi connectivity index (χ0n) is 6.65. The number of alkyl halides is 3. The van der Waals surface area contributed by atoms with E-state index in [9.17, 15) is 13.2 Å². The van der Waals surface area contributed by atoms with Crippen molar-refractivity contribution in [1.29, 1.82) is 0 Å². The maximum absolute atomic E-state index is 12.2. The van der Waals surface area contributed by atoms with Crippen LogP contribution in [-0.4, -0.2) is 6.18 Å². The van der Waals surface area contributed by atoms with Gasteiger partial charge < -0.3 is 5.73 Å². The van der Waals surface area contributed by atoms with E-state index in [1.54, 1.807) is 13.0 Å². The Hall–Kier alpha value is -0.930. The zero-order valence-corrected chi connectivity index (χ0v) is 6.65. The minimum absolute atomic E-state index is 0.0319. The van der Waals surface area contributed by atoms with E-state index in [2.05, 4.69) is 0 Å². The molecule has 1 aliphatic carbocycles. The van der Waals surface area contributed by atoms with E-state index >= 15 is 0 Å². The summed E-state index contributed by atoms with van der Waals surface area (Å²) in [6, 6.07) is 0. The van der Waals surface area contributed by atoms with Gasteiger partial charge in [-0.25, -0.2) is 0 Å². The molecule has 1 aliphatic rings. The summed E-state index contributed by atoms with van der Waals surface area (Å²) in [6.45, 7) is 1.65. The molecule has 0 spiro atoms. The largest absolute Gasteiger partial charge is 0.399 e. The van der Waals surface area contributed by atoms with Gasteiger partial charge in [-0.05, 0) is 25.5 Å². The predicted octanol–water partition coefficient (Wildman–Crippen LogP) is 2.36. The molecule has 1 nitrogen and oxygen atoms in total. The topological polar surface area (TPSA) is 26.0 Å². The third kappa shape index (κ3) is 2.03. The maximum Gasteiger partial charge on any atom is 0.395 e. The highest BCUT2D eigenvalue weighted by Gasteiger charge is 2.38. The van der Waals surface area contributed by atoms with Gasteiger partial charge in [-0.2, -0.15) is 13.2 Å². The fraction of sp³-hybridized carbons (Fsp3) is 0.500. The highest BCUT2D eigenvalue weighted by molar-refractivity contribution is 5.26. The second-order valence-corrected chi connectivity index (χ2v) is 3.01. The smallest absolute Gasteiger partial charge is 0.395 e.